The van der Waals surface area contributed by atoms with E-state index in [-0.39, 0.29) is 11.4 Å². The van der Waals surface area contributed by atoms with Crippen molar-refractivity contribution in [1.82, 2.24) is 4.98 Å². The van der Waals surface area contributed by atoms with E-state index in [1.807, 2.05) is 0 Å². The number of aromatic nitrogens is 1. The number of nitrogens with one attached hydrogen (secondary N) is 1. The fraction of sp³-hybridized carbons (Fsp3) is 0.0769. The monoisotopic (exact) mass is 335 g/mol. The predicted molar refractivity (Wildman–Crippen MR) is 77.7 cm³/mol. The molecule has 0 saturated heterocycles. The van der Waals surface area contributed by atoms with Crippen molar-refractivity contribution in [3.8, 4) is 0 Å². The van der Waals surface area contributed by atoms with Gasteiger partial charge >= 0.3 is 0 Å². The van der Waals surface area contributed by atoms with Crippen LogP contribution >= 0.6 is 15.9 Å². The fourth-order valence-electron chi connectivity index (χ4n) is 1.65. The van der Waals surface area contributed by atoms with E-state index in [0.717, 1.165) is 4.47 Å². The van der Waals surface area contributed by atoms with Crippen LogP contribution in [0.2, 0.25) is 0 Å². The van der Waals surface area contributed by atoms with Crippen LogP contribution in [0, 0.1) is 17.0 Å². The minimum atomic E-state index is -0.483. The standard InChI is InChI=1S/C13H10BrN3O3/c1-8-10(3-2-4-12(8)17(19)20)16-13(18)11-6-5-9(14)7-15-11/h2-7H,1H3,(H,16,18). The van der Waals surface area contributed by atoms with Crippen molar-refractivity contribution in [2.45, 2.75) is 6.92 Å². The molecule has 2 aromatic rings. The summed E-state index contributed by atoms with van der Waals surface area (Å²) in [6.45, 7) is 1.59. The van der Waals surface area contributed by atoms with Gasteiger partial charge in [0.25, 0.3) is 11.6 Å². The lowest BCUT2D eigenvalue weighted by molar-refractivity contribution is -0.385. The highest BCUT2D eigenvalue weighted by Gasteiger charge is 2.15. The first-order valence-electron chi connectivity index (χ1n) is 5.66. The minimum absolute atomic E-state index is 0.0356. The summed E-state index contributed by atoms with van der Waals surface area (Å²) in [6.07, 6.45) is 1.51. The average Bonchev–Trinajstić information content (AvgIpc) is 2.41. The van der Waals surface area contributed by atoms with Crippen molar-refractivity contribution in [2.75, 3.05) is 5.32 Å². The second kappa shape index (κ2) is 5.79. The molecule has 0 saturated carbocycles. The number of hydrogen-bond donors (Lipinski definition) is 1. The highest BCUT2D eigenvalue weighted by molar-refractivity contribution is 9.10. The van der Waals surface area contributed by atoms with Gasteiger partial charge in [-0.2, -0.15) is 0 Å². The molecule has 1 N–H and O–H groups in total. The van der Waals surface area contributed by atoms with Gasteiger partial charge < -0.3 is 5.32 Å². The predicted octanol–water partition coefficient (Wildman–Crippen LogP) is 3.31. The molecule has 2 rings (SSSR count). The zero-order valence-corrected chi connectivity index (χ0v) is 12.0. The molecule has 1 heterocycles. The lowest BCUT2D eigenvalue weighted by Gasteiger charge is -2.08. The molecule has 1 amide bonds. The molecule has 0 aliphatic heterocycles. The lowest BCUT2D eigenvalue weighted by Crippen LogP contribution is -2.14. The minimum Gasteiger partial charge on any atom is -0.320 e. The maximum absolute atomic E-state index is 12.0. The number of nitro benzene ring substituents is 1. The number of anilines is 1. The van der Waals surface area contributed by atoms with Gasteiger partial charge in [0.2, 0.25) is 0 Å². The van der Waals surface area contributed by atoms with Crippen LogP contribution in [0.25, 0.3) is 0 Å². The van der Waals surface area contributed by atoms with Crippen LogP contribution < -0.4 is 5.32 Å². The first-order valence-corrected chi connectivity index (χ1v) is 6.45. The third-order valence-electron chi connectivity index (χ3n) is 2.71. The summed E-state index contributed by atoms with van der Waals surface area (Å²) in [6, 6.07) is 7.78. The van der Waals surface area contributed by atoms with E-state index >= 15 is 0 Å². The molecule has 1 aromatic heterocycles. The van der Waals surface area contributed by atoms with Gasteiger partial charge in [-0.3, -0.25) is 14.9 Å². The topological polar surface area (TPSA) is 85.1 Å². The van der Waals surface area contributed by atoms with E-state index in [4.69, 9.17) is 0 Å². The second-order valence-corrected chi connectivity index (χ2v) is 4.94. The number of halogens is 1. The molecule has 6 nitrogen and oxygen atoms in total. The first-order chi connectivity index (χ1) is 9.49. The SMILES string of the molecule is Cc1c(NC(=O)c2ccc(Br)cn2)cccc1[N+](=O)[O-]. The quantitative estimate of drug-likeness (QED) is 0.688. The van der Waals surface area contributed by atoms with Crippen LogP contribution in [0.3, 0.4) is 0 Å². The smallest absolute Gasteiger partial charge is 0.274 e. The first kappa shape index (κ1) is 14.1. The van der Waals surface area contributed by atoms with Crippen LogP contribution in [0.15, 0.2) is 41.0 Å². The van der Waals surface area contributed by atoms with Gasteiger partial charge in [0.05, 0.1) is 16.2 Å². The third-order valence-corrected chi connectivity index (χ3v) is 3.18. The van der Waals surface area contributed by atoms with Crippen molar-refractivity contribution in [3.05, 3.63) is 62.4 Å². The molecule has 7 heteroatoms. The number of nitro groups is 1. The van der Waals surface area contributed by atoms with Crippen molar-refractivity contribution in [3.63, 3.8) is 0 Å². The van der Waals surface area contributed by atoms with Crippen LogP contribution in [0.5, 0.6) is 0 Å². The van der Waals surface area contributed by atoms with Gasteiger partial charge in [-0.25, -0.2) is 4.98 Å². The maximum atomic E-state index is 12.0. The molecule has 0 aliphatic carbocycles. The molecule has 1 aromatic carbocycles. The Balaban J connectivity index is 2.26. The normalized spacial score (nSPS) is 10.1. The number of amides is 1. The largest absolute Gasteiger partial charge is 0.320 e. The summed E-state index contributed by atoms with van der Waals surface area (Å²) in [7, 11) is 0. The van der Waals surface area contributed by atoms with Crippen molar-refractivity contribution < 1.29 is 9.72 Å². The Morgan fingerprint density at radius 2 is 2.10 bits per heavy atom. The Hall–Kier alpha value is -2.28. The van der Waals surface area contributed by atoms with Crippen LogP contribution in [-0.4, -0.2) is 15.8 Å². The number of hydrogen-bond acceptors (Lipinski definition) is 4. The Morgan fingerprint density at radius 1 is 1.35 bits per heavy atom. The zero-order valence-electron chi connectivity index (χ0n) is 10.5. The van der Waals surface area contributed by atoms with E-state index < -0.39 is 10.8 Å². The second-order valence-electron chi connectivity index (χ2n) is 4.02. The van der Waals surface area contributed by atoms with E-state index in [1.165, 1.54) is 18.3 Å². The maximum Gasteiger partial charge on any atom is 0.274 e. The summed E-state index contributed by atoms with van der Waals surface area (Å²) < 4.78 is 0.764. The Bertz CT molecular complexity index is 671. The van der Waals surface area contributed by atoms with Gasteiger partial charge in [0.15, 0.2) is 0 Å². The highest BCUT2D eigenvalue weighted by Crippen LogP contribution is 2.25. The summed E-state index contributed by atoms with van der Waals surface area (Å²) >= 11 is 3.23. The van der Waals surface area contributed by atoms with E-state index in [1.54, 1.807) is 25.1 Å². The summed E-state index contributed by atoms with van der Waals surface area (Å²) in [5.74, 6) is -0.416. The zero-order chi connectivity index (χ0) is 14.7. The fourth-order valence-corrected chi connectivity index (χ4v) is 1.89. The number of nitrogens with zero attached hydrogens (tertiary/aromatic N) is 2. The van der Waals surface area contributed by atoms with Crippen LogP contribution in [0.4, 0.5) is 11.4 Å². The average molecular weight is 336 g/mol. The molecule has 0 aliphatic rings. The number of carbonyl (C=O) groups is 1. The van der Waals surface area contributed by atoms with Gasteiger partial charge in [-0.05, 0) is 41.1 Å². The molecule has 0 atom stereocenters. The molecule has 0 unspecified atom stereocenters. The van der Waals surface area contributed by atoms with Crippen molar-refractivity contribution >= 4 is 33.2 Å². The molecule has 0 radical (unpaired) electrons. The van der Waals surface area contributed by atoms with Crippen molar-refractivity contribution in [1.29, 1.82) is 0 Å². The molecular formula is C13H10BrN3O3. The lowest BCUT2D eigenvalue weighted by atomic mass is 10.1. The molecule has 0 bridgehead atoms. The van der Waals surface area contributed by atoms with E-state index in [0.29, 0.717) is 11.3 Å². The van der Waals surface area contributed by atoms with E-state index in [2.05, 4.69) is 26.2 Å². The van der Waals surface area contributed by atoms with Gasteiger partial charge in [0, 0.05) is 16.7 Å². The summed E-state index contributed by atoms with van der Waals surface area (Å²) in [5.41, 5.74) is 1.00. The Kier molecular flexibility index (Phi) is 4.09. The molecule has 20 heavy (non-hydrogen) atoms. The summed E-state index contributed by atoms with van der Waals surface area (Å²) in [4.78, 5) is 26.3. The van der Waals surface area contributed by atoms with Crippen molar-refractivity contribution in [2.24, 2.45) is 0 Å². The van der Waals surface area contributed by atoms with Gasteiger partial charge in [-0.1, -0.05) is 6.07 Å². The Labute approximate surface area is 123 Å². The number of benzene rings is 1. The van der Waals surface area contributed by atoms with Gasteiger partial charge in [0.1, 0.15) is 5.69 Å². The molecule has 0 spiro atoms. The molecule has 0 fully saturated rings. The highest BCUT2D eigenvalue weighted by atomic mass is 79.9. The molecular weight excluding hydrogens is 326 g/mol. The number of rotatable bonds is 3. The molecule has 102 valence electrons. The Morgan fingerprint density at radius 3 is 2.70 bits per heavy atom. The van der Waals surface area contributed by atoms with E-state index in [9.17, 15) is 14.9 Å². The third kappa shape index (κ3) is 3.00. The number of carbonyl (C=O) groups excluding carboxylic acids is 1. The van der Waals surface area contributed by atoms with Crippen LogP contribution in [-0.2, 0) is 0 Å². The number of pyridine rings is 1. The van der Waals surface area contributed by atoms with Gasteiger partial charge in [-0.15, -0.1) is 0 Å². The van der Waals surface area contributed by atoms with Crippen LogP contribution in [0.1, 0.15) is 16.1 Å². The summed E-state index contributed by atoms with van der Waals surface area (Å²) in [5, 5.41) is 13.5.